The maximum absolute atomic E-state index is 13.5. The molecule has 156 valence electrons. The van der Waals surface area contributed by atoms with Crippen molar-refractivity contribution in [1.82, 2.24) is 0 Å². The van der Waals surface area contributed by atoms with Crippen LogP contribution in [0.2, 0.25) is 0 Å². The van der Waals surface area contributed by atoms with Gasteiger partial charge in [-0.1, -0.05) is 22.0 Å². The highest BCUT2D eigenvalue weighted by Crippen LogP contribution is 2.21. The lowest BCUT2D eigenvalue weighted by Crippen LogP contribution is -2.21. The molecule has 0 bridgehead atoms. The van der Waals surface area contributed by atoms with Crippen LogP contribution in [0.5, 0.6) is 5.75 Å². The summed E-state index contributed by atoms with van der Waals surface area (Å²) in [5.41, 5.74) is -0.165. The van der Waals surface area contributed by atoms with Gasteiger partial charge in [-0.05, 0) is 60.7 Å². The van der Waals surface area contributed by atoms with Crippen LogP contribution in [-0.2, 0) is 14.8 Å². The number of carbonyl (C=O) groups excluding carboxylic acids is 1. The number of halogens is 3. The molecule has 3 rings (SSSR count). The lowest BCUT2D eigenvalue weighted by molar-refractivity contribution is -0.118. The average Bonchev–Trinajstić information content (AvgIpc) is 2.71. The van der Waals surface area contributed by atoms with Crippen molar-refractivity contribution < 1.29 is 26.7 Å². The Morgan fingerprint density at radius 2 is 1.53 bits per heavy atom. The van der Waals surface area contributed by atoms with E-state index in [0.29, 0.717) is 5.69 Å². The van der Waals surface area contributed by atoms with Crippen molar-refractivity contribution in [2.45, 2.75) is 4.90 Å². The van der Waals surface area contributed by atoms with Gasteiger partial charge in [0.25, 0.3) is 15.9 Å². The molecule has 6 nitrogen and oxygen atoms in total. The molecular weight excluding hydrogens is 482 g/mol. The second-order valence-corrected chi connectivity index (χ2v) is 8.62. The Morgan fingerprint density at radius 1 is 0.933 bits per heavy atom. The molecule has 3 aromatic rings. The van der Waals surface area contributed by atoms with E-state index in [9.17, 15) is 22.0 Å². The molecular formula is C20H15BrF2N2O4S. The number of para-hydroxylation sites is 1. The van der Waals surface area contributed by atoms with Crippen molar-refractivity contribution in [2.75, 3.05) is 16.6 Å². The topological polar surface area (TPSA) is 84.5 Å². The number of carbonyl (C=O) groups is 1. The summed E-state index contributed by atoms with van der Waals surface area (Å²) in [5, 5.41) is 2.09. The number of hydrogen-bond donors (Lipinski definition) is 2. The van der Waals surface area contributed by atoms with Gasteiger partial charge < -0.3 is 10.1 Å². The largest absolute Gasteiger partial charge is 0.484 e. The molecule has 0 radical (unpaired) electrons. The Hall–Kier alpha value is -2.98. The van der Waals surface area contributed by atoms with Crippen LogP contribution in [-0.4, -0.2) is 20.9 Å². The third-order valence-corrected chi connectivity index (χ3v) is 5.75. The fourth-order valence-corrected chi connectivity index (χ4v) is 3.71. The van der Waals surface area contributed by atoms with Gasteiger partial charge in [0.1, 0.15) is 23.1 Å². The number of anilines is 2. The highest BCUT2D eigenvalue weighted by atomic mass is 79.9. The van der Waals surface area contributed by atoms with Crippen LogP contribution in [0.15, 0.2) is 76.1 Å². The standard InChI is InChI=1S/C20H15BrF2N2O4S/c21-13-4-6-14(7-5-13)25-30(27,28)16-10-8-15(9-11-16)29-12-19(26)24-20-17(22)2-1-3-18(20)23/h1-11,25H,12H2,(H,24,26). The summed E-state index contributed by atoms with van der Waals surface area (Å²) in [7, 11) is -3.81. The molecule has 0 fully saturated rings. The molecule has 0 aliphatic rings. The van der Waals surface area contributed by atoms with Gasteiger partial charge in [-0.25, -0.2) is 17.2 Å². The predicted molar refractivity (Wildman–Crippen MR) is 112 cm³/mol. The zero-order chi connectivity index (χ0) is 21.7. The van der Waals surface area contributed by atoms with Gasteiger partial charge >= 0.3 is 0 Å². The number of ether oxygens (including phenoxy) is 1. The van der Waals surface area contributed by atoms with E-state index >= 15 is 0 Å². The fraction of sp³-hybridized carbons (Fsp3) is 0.0500. The Labute approximate surface area is 180 Å². The Morgan fingerprint density at radius 3 is 2.13 bits per heavy atom. The van der Waals surface area contributed by atoms with Gasteiger partial charge in [-0.15, -0.1) is 0 Å². The van der Waals surface area contributed by atoms with Crippen LogP contribution in [0.1, 0.15) is 0 Å². The van der Waals surface area contributed by atoms with Crippen molar-refractivity contribution >= 4 is 43.2 Å². The van der Waals surface area contributed by atoms with Crippen LogP contribution in [0.4, 0.5) is 20.2 Å². The lowest BCUT2D eigenvalue weighted by Gasteiger charge is -2.10. The van der Waals surface area contributed by atoms with Gasteiger partial charge in [-0.3, -0.25) is 9.52 Å². The maximum atomic E-state index is 13.5. The van der Waals surface area contributed by atoms with Crippen LogP contribution >= 0.6 is 15.9 Å². The summed E-state index contributed by atoms with van der Waals surface area (Å²) >= 11 is 3.27. The molecule has 0 saturated heterocycles. The molecule has 0 atom stereocenters. The van der Waals surface area contributed by atoms with Gasteiger partial charge in [0.05, 0.1) is 4.90 Å². The summed E-state index contributed by atoms with van der Waals surface area (Å²) in [5.74, 6) is -2.37. The normalized spacial score (nSPS) is 11.0. The molecule has 0 aromatic heterocycles. The molecule has 0 heterocycles. The molecule has 2 N–H and O–H groups in total. The van der Waals surface area contributed by atoms with E-state index in [2.05, 4.69) is 26.0 Å². The number of sulfonamides is 1. The minimum atomic E-state index is -3.81. The second-order valence-electron chi connectivity index (χ2n) is 6.02. The lowest BCUT2D eigenvalue weighted by atomic mass is 10.3. The summed E-state index contributed by atoms with van der Waals surface area (Å²) < 4.78 is 60.5. The smallest absolute Gasteiger partial charge is 0.262 e. The number of amides is 1. The zero-order valence-electron chi connectivity index (χ0n) is 15.2. The fourth-order valence-electron chi connectivity index (χ4n) is 2.39. The van der Waals surface area contributed by atoms with E-state index < -0.39 is 39.9 Å². The summed E-state index contributed by atoms with van der Waals surface area (Å²) in [6.45, 7) is -0.517. The maximum Gasteiger partial charge on any atom is 0.262 e. The van der Waals surface area contributed by atoms with Crippen molar-refractivity contribution in [2.24, 2.45) is 0 Å². The first-order valence-electron chi connectivity index (χ1n) is 8.50. The zero-order valence-corrected chi connectivity index (χ0v) is 17.6. The summed E-state index contributed by atoms with van der Waals surface area (Å²) in [4.78, 5) is 11.9. The van der Waals surface area contributed by atoms with E-state index in [1.807, 2.05) is 0 Å². The average molecular weight is 497 g/mol. The van der Waals surface area contributed by atoms with Gasteiger partial charge in [0.15, 0.2) is 6.61 Å². The highest BCUT2D eigenvalue weighted by Gasteiger charge is 2.15. The van der Waals surface area contributed by atoms with Gasteiger partial charge in [-0.2, -0.15) is 0 Å². The third-order valence-electron chi connectivity index (χ3n) is 3.83. The second kappa shape index (κ2) is 9.23. The number of benzene rings is 3. The molecule has 10 heteroatoms. The Kier molecular flexibility index (Phi) is 6.68. The Balaban J connectivity index is 1.60. The quantitative estimate of drug-likeness (QED) is 0.502. The Bertz CT molecular complexity index is 1130. The van der Waals surface area contributed by atoms with E-state index in [1.165, 1.54) is 30.3 Å². The van der Waals surface area contributed by atoms with E-state index in [4.69, 9.17) is 4.74 Å². The molecule has 3 aromatic carbocycles. The molecule has 0 aliphatic heterocycles. The van der Waals surface area contributed by atoms with E-state index in [1.54, 1.807) is 24.3 Å². The minimum absolute atomic E-state index is 0.00403. The molecule has 1 amide bonds. The van der Waals surface area contributed by atoms with Gasteiger partial charge in [0.2, 0.25) is 0 Å². The monoisotopic (exact) mass is 496 g/mol. The van der Waals surface area contributed by atoms with Crippen LogP contribution in [0.25, 0.3) is 0 Å². The first kappa shape index (κ1) is 21.7. The highest BCUT2D eigenvalue weighted by molar-refractivity contribution is 9.10. The number of nitrogens with one attached hydrogen (secondary N) is 2. The predicted octanol–water partition coefficient (Wildman–Crippen LogP) is 4.55. The van der Waals surface area contributed by atoms with Crippen molar-refractivity contribution in [1.29, 1.82) is 0 Å². The van der Waals surface area contributed by atoms with Crippen molar-refractivity contribution in [3.8, 4) is 5.75 Å². The minimum Gasteiger partial charge on any atom is -0.484 e. The number of hydrogen-bond acceptors (Lipinski definition) is 4. The first-order chi connectivity index (χ1) is 14.2. The van der Waals surface area contributed by atoms with Crippen LogP contribution in [0.3, 0.4) is 0 Å². The van der Waals surface area contributed by atoms with Crippen molar-refractivity contribution in [3.05, 3.63) is 82.8 Å². The first-order valence-corrected chi connectivity index (χ1v) is 10.8. The SMILES string of the molecule is O=C(COc1ccc(S(=O)(=O)Nc2ccc(Br)cc2)cc1)Nc1c(F)cccc1F. The molecule has 0 unspecified atom stereocenters. The summed E-state index contributed by atoms with van der Waals surface area (Å²) in [6, 6.07) is 15.2. The van der Waals surface area contributed by atoms with E-state index in [-0.39, 0.29) is 10.6 Å². The number of rotatable bonds is 7. The van der Waals surface area contributed by atoms with Crippen LogP contribution < -0.4 is 14.8 Å². The van der Waals surface area contributed by atoms with Crippen molar-refractivity contribution in [3.63, 3.8) is 0 Å². The third kappa shape index (κ3) is 5.55. The van der Waals surface area contributed by atoms with Gasteiger partial charge in [0, 0.05) is 10.2 Å². The summed E-state index contributed by atoms with van der Waals surface area (Å²) in [6.07, 6.45) is 0. The van der Waals surface area contributed by atoms with E-state index in [0.717, 1.165) is 16.6 Å². The molecule has 0 saturated carbocycles. The molecule has 0 spiro atoms. The molecule has 30 heavy (non-hydrogen) atoms. The van der Waals surface area contributed by atoms with Crippen LogP contribution in [0, 0.1) is 11.6 Å². The molecule has 0 aliphatic carbocycles.